The molecule has 0 amide bonds. The number of methoxy groups -OCH3 is 3. The van der Waals surface area contributed by atoms with Crippen LogP contribution in [-0.4, -0.2) is 58.3 Å². The van der Waals surface area contributed by atoms with Crippen LogP contribution in [0.3, 0.4) is 0 Å². The average molecular weight is 751 g/mol. The van der Waals surface area contributed by atoms with Crippen LogP contribution in [0, 0.1) is 5.82 Å². The first kappa shape index (κ1) is 36.0. The largest absolute Gasteiger partial charge is 0.493 e. The smallest absolute Gasteiger partial charge is 0.204 e. The molecule has 0 spiro atoms. The Balaban J connectivity index is 1.34. The number of ether oxygens (including phenoxy) is 6. The van der Waals surface area contributed by atoms with Crippen LogP contribution in [0.25, 0.3) is 0 Å². The summed E-state index contributed by atoms with van der Waals surface area (Å²) in [5.41, 5.74) is 7.49. The van der Waals surface area contributed by atoms with Gasteiger partial charge in [-0.15, -0.1) is 0 Å². The van der Waals surface area contributed by atoms with Crippen molar-refractivity contribution in [2.24, 2.45) is 0 Å². The quantitative estimate of drug-likeness (QED) is 0.170. The molecule has 10 heteroatoms. The Morgan fingerprint density at radius 1 is 0.704 bits per heavy atom. The van der Waals surface area contributed by atoms with Gasteiger partial charge in [0.25, 0.3) is 0 Å². The predicted octanol–water partition coefficient (Wildman–Crippen LogP) is 9.53. The standard InChI is InChI=1S/C44H44ClFN2O6/c1-47-16-14-29-22-38(50-4)40-24-32(29)35(47)19-26-6-10-31(11-7-26)53-39-21-27(9-13-37(39)49-3)20-36-42-30(15-17-48(36)2)23-41(51-5)43(44(42)54-40)52-25-28-8-12-34(46)33(45)18-28/h6-13,18,21-24,35-36H,14-17,19-20,25H2,1-5H3/t35-,36-/m0/s1. The lowest BCUT2D eigenvalue weighted by Crippen LogP contribution is -2.34. The maximum atomic E-state index is 14.1. The third kappa shape index (κ3) is 6.92. The van der Waals surface area contributed by atoms with Crippen molar-refractivity contribution in [3.05, 3.63) is 129 Å². The van der Waals surface area contributed by atoms with Gasteiger partial charge in [-0.2, -0.15) is 0 Å². The molecule has 0 aliphatic carbocycles. The van der Waals surface area contributed by atoms with E-state index in [4.69, 9.17) is 40.0 Å². The second kappa shape index (κ2) is 15.1. The first-order valence-electron chi connectivity index (χ1n) is 18.3. The van der Waals surface area contributed by atoms with Crippen molar-refractivity contribution >= 4 is 11.6 Å². The normalized spacial score (nSPS) is 18.1. The van der Waals surface area contributed by atoms with Gasteiger partial charge in [-0.25, -0.2) is 4.39 Å². The predicted molar refractivity (Wildman–Crippen MR) is 207 cm³/mol. The first-order chi connectivity index (χ1) is 26.2. The molecule has 4 aliphatic heterocycles. The van der Waals surface area contributed by atoms with Crippen molar-refractivity contribution in [3.63, 3.8) is 0 Å². The van der Waals surface area contributed by atoms with Crippen molar-refractivity contribution < 1.29 is 32.8 Å². The van der Waals surface area contributed by atoms with Crippen molar-refractivity contribution in [1.29, 1.82) is 0 Å². The Kier molecular flexibility index (Phi) is 10.0. The molecule has 0 radical (unpaired) electrons. The lowest BCUT2D eigenvalue weighted by molar-refractivity contribution is 0.216. The van der Waals surface area contributed by atoms with Crippen LogP contribution in [0.4, 0.5) is 4.39 Å². The van der Waals surface area contributed by atoms with E-state index in [2.05, 4.69) is 66.4 Å². The third-order valence-electron chi connectivity index (χ3n) is 11.0. The number of benzene rings is 5. The van der Waals surface area contributed by atoms with E-state index in [0.29, 0.717) is 52.2 Å². The minimum absolute atomic E-state index is 0.0308. The molecule has 5 aromatic rings. The minimum Gasteiger partial charge on any atom is -0.493 e. The molecule has 0 unspecified atom stereocenters. The van der Waals surface area contributed by atoms with Crippen LogP contribution < -0.4 is 28.4 Å². The lowest BCUT2D eigenvalue weighted by atomic mass is 9.87. The summed E-state index contributed by atoms with van der Waals surface area (Å²) in [6, 6.07) is 25.3. The average Bonchev–Trinajstić information content (AvgIpc) is 3.18. The lowest BCUT2D eigenvalue weighted by Gasteiger charge is -2.37. The van der Waals surface area contributed by atoms with Crippen molar-refractivity contribution in [1.82, 2.24) is 9.80 Å². The Morgan fingerprint density at radius 3 is 2.11 bits per heavy atom. The van der Waals surface area contributed by atoms with Crippen LogP contribution >= 0.6 is 11.6 Å². The fourth-order valence-electron chi connectivity index (χ4n) is 8.00. The molecular formula is C44H44ClFN2O6. The second-order valence-electron chi connectivity index (χ2n) is 14.3. The summed E-state index contributed by atoms with van der Waals surface area (Å²) in [6.45, 7) is 1.86. The summed E-state index contributed by atoms with van der Waals surface area (Å²) in [5, 5.41) is 0.0308. The topological polar surface area (TPSA) is 61.9 Å². The van der Waals surface area contributed by atoms with Gasteiger partial charge in [0.2, 0.25) is 5.75 Å². The van der Waals surface area contributed by atoms with E-state index in [1.807, 2.05) is 18.2 Å². The number of hydrogen-bond donors (Lipinski definition) is 0. The van der Waals surface area contributed by atoms with Crippen molar-refractivity contribution in [3.8, 4) is 46.0 Å². The number of hydrogen-bond acceptors (Lipinski definition) is 8. The fraction of sp³-hybridized carbons (Fsp3) is 0.318. The molecule has 5 aromatic carbocycles. The molecule has 4 heterocycles. The first-order valence-corrected chi connectivity index (χ1v) is 18.6. The molecule has 280 valence electrons. The van der Waals surface area contributed by atoms with Gasteiger partial charge in [0.15, 0.2) is 34.5 Å². The number of halogens is 2. The number of fused-ring (bicyclic) bond motifs is 2. The van der Waals surface area contributed by atoms with Crippen LogP contribution in [0.15, 0.2) is 78.9 Å². The van der Waals surface area contributed by atoms with Gasteiger partial charge in [-0.1, -0.05) is 35.9 Å². The van der Waals surface area contributed by atoms with Crippen LogP contribution in [-0.2, 0) is 32.3 Å². The number of likely N-dealkylation sites (N-methyl/N-ethyl adjacent to an activating group) is 2. The van der Waals surface area contributed by atoms with E-state index < -0.39 is 5.82 Å². The highest BCUT2D eigenvalue weighted by Crippen LogP contribution is 2.52. The molecule has 9 rings (SSSR count). The van der Waals surface area contributed by atoms with Crippen LogP contribution in [0.2, 0.25) is 5.02 Å². The van der Waals surface area contributed by atoms with E-state index in [1.165, 1.54) is 22.8 Å². The van der Waals surface area contributed by atoms with Crippen molar-refractivity contribution in [2.45, 2.75) is 44.4 Å². The van der Waals surface area contributed by atoms with Gasteiger partial charge >= 0.3 is 0 Å². The highest BCUT2D eigenvalue weighted by atomic mass is 35.5. The summed E-state index contributed by atoms with van der Waals surface area (Å²) in [6.07, 6.45) is 3.11. The zero-order chi connectivity index (χ0) is 37.5. The Hall–Kier alpha value is -4.96. The summed E-state index contributed by atoms with van der Waals surface area (Å²) >= 11 is 6.18. The molecular weight excluding hydrogens is 707 g/mol. The van der Waals surface area contributed by atoms with E-state index in [1.54, 1.807) is 33.5 Å². The van der Waals surface area contributed by atoms with Crippen LogP contribution in [0.1, 0.15) is 51.0 Å². The molecule has 8 nitrogen and oxygen atoms in total. The third-order valence-corrected chi connectivity index (χ3v) is 11.3. The fourth-order valence-corrected chi connectivity index (χ4v) is 8.21. The van der Waals surface area contributed by atoms with Gasteiger partial charge in [0, 0.05) is 30.7 Å². The highest BCUT2D eigenvalue weighted by Gasteiger charge is 2.35. The van der Waals surface area contributed by atoms with E-state index >= 15 is 0 Å². The Bertz CT molecular complexity index is 2190. The van der Waals surface area contributed by atoms with Crippen molar-refractivity contribution in [2.75, 3.05) is 48.5 Å². The van der Waals surface area contributed by atoms with Gasteiger partial charge in [-0.05, 0) is 128 Å². The van der Waals surface area contributed by atoms with E-state index in [-0.39, 0.29) is 23.7 Å². The summed E-state index contributed by atoms with van der Waals surface area (Å²) in [7, 11) is 9.28. The molecule has 2 atom stereocenters. The zero-order valence-corrected chi connectivity index (χ0v) is 32.0. The highest BCUT2D eigenvalue weighted by molar-refractivity contribution is 6.30. The molecule has 4 aliphatic rings. The maximum absolute atomic E-state index is 14.1. The molecule has 54 heavy (non-hydrogen) atoms. The molecule has 0 N–H and O–H groups in total. The number of rotatable bonds is 6. The van der Waals surface area contributed by atoms with Gasteiger partial charge in [-0.3, -0.25) is 9.80 Å². The number of nitrogens with zero attached hydrogens (tertiary/aromatic N) is 2. The molecule has 0 saturated heterocycles. The Morgan fingerprint density at radius 2 is 1.37 bits per heavy atom. The molecule has 6 bridgehead atoms. The maximum Gasteiger partial charge on any atom is 0.204 e. The molecule has 0 fully saturated rings. The van der Waals surface area contributed by atoms with Gasteiger partial charge in [0.05, 0.1) is 26.4 Å². The summed E-state index contributed by atoms with van der Waals surface area (Å²) in [4.78, 5) is 4.75. The Labute approximate surface area is 320 Å². The van der Waals surface area contributed by atoms with Crippen LogP contribution in [0.5, 0.6) is 46.0 Å². The van der Waals surface area contributed by atoms with E-state index in [0.717, 1.165) is 54.8 Å². The molecule has 0 saturated carbocycles. The summed E-state index contributed by atoms with van der Waals surface area (Å²) < 4.78 is 52.3. The summed E-state index contributed by atoms with van der Waals surface area (Å²) in [5.74, 6) is 4.32. The second-order valence-corrected chi connectivity index (χ2v) is 14.7. The zero-order valence-electron chi connectivity index (χ0n) is 31.2. The van der Waals surface area contributed by atoms with E-state index in [9.17, 15) is 4.39 Å². The SMILES string of the molecule is COc1ccc2cc1Oc1ccc(cc1)C[C@H]1c3cc(c(OC)cc3CCN1C)Oc1c(OCc3ccc(F)c(Cl)c3)c(OC)cc3c1[C@H](C2)N(C)CC3. The monoisotopic (exact) mass is 750 g/mol. The van der Waals surface area contributed by atoms with Gasteiger partial charge in [0.1, 0.15) is 18.2 Å². The minimum atomic E-state index is -0.486. The molecule has 0 aromatic heterocycles. The van der Waals surface area contributed by atoms with Gasteiger partial charge < -0.3 is 28.4 Å².